The van der Waals surface area contributed by atoms with Crippen LogP contribution in [-0.2, 0) is 0 Å². The van der Waals surface area contributed by atoms with Gasteiger partial charge in [0.2, 0.25) is 0 Å². The Kier molecular flexibility index (Phi) is 2.02. The van der Waals surface area contributed by atoms with Gasteiger partial charge in [0, 0.05) is 19.6 Å². The fourth-order valence-corrected chi connectivity index (χ4v) is 2.27. The van der Waals surface area contributed by atoms with E-state index in [0.717, 1.165) is 25.3 Å². The van der Waals surface area contributed by atoms with Gasteiger partial charge in [0.25, 0.3) is 0 Å². The second-order valence-electron chi connectivity index (χ2n) is 3.95. The maximum absolute atomic E-state index is 13.5. The molecule has 15 heavy (non-hydrogen) atoms. The quantitative estimate of drug-likeness (QED) is 0.688. The molecular weight excluding hydrogens is 195 g/mol. The van der Waals surface area contributed by atoms with Gasteiger partial charge in [-0.05, 0) is 12.1 Å². The van der Waals surface area contributed by atoms with Gasteiger partial charge in [0.05, 0.1) is 11.7 Å². The number of nitrogens with one attached hydrogen (secondary N) is 1. The fourth-order valence-electron chi connectivity index (χ4n) is 2.27. The van der Waals surface area contributed by atoms with Crippen LogP contribution in [0.1, 0.15) is 0 Å². The average molecular weight is 208 g/mol. The first-order valence-electron chi connectivity index (χ1n) is 5.25. The highest BCUT2D eigenvalue weighted by Crippen LogP contribution is 2.36. The van der Waals surface area contributed by atoms with Crippen LogP contribution in [0.5, 0.6) is 5.75 Å². The number of hydrogen-bond donors (Lipinski definition) is 1. The number of nitrogens with zero attached hydrogens (tertiary/aromatic N) is 1. The molecule has 0 spiro atoms. The van der Waals surface area contributed by atoms with Crippen molar-refractivity contribution in [2.45, 2.75) is 6.04 Å². The number of halogens is 1. The van der Waals surface area contributed by atoms with Gasteiger partial charge in [-0.2, -0.15) is 0 Å². The van der Waals surface area contributed by atoms with Crippen molar-refractivity contribution in [3.63, 3.8) is 0 Å². The van der Waals surface area contributed by atoms with Crippen molar-refractivity contribution < 1.29 is 9.13 Å². The number of ether oxygens (including phenoxy) is 1. The lowest BCUT2D eigenvalue weighted by atomic mass is 10.1. The fraction of sp³-hybridized carbons (Fsp3) is 0.455. The molecule has 1 atom stereocenters. The molecule has 1 unspecified atom stereocenters. The summed E-state index contributed by atoms with van der Waals surface area (Å²) in [5, 5.41) is 3.31. The maximum Gasteiger partial charge on any atom is 0.178 e. The molecule has 3 rings (SSSR count). The van der Waals surface area contributed by atoms with Crippen molar-refractivity contribution in [2.75, 3.05) is 31.1 Å². The Morgan fingerprint density at radius 1 is 1.47 bits per heavy atom. The van der Waals surface area contributed by atoms with Crippen LogP contribution < -0.4 is 15.0 Å². The monoisotopic (exact) mass is 208 g/mol. The van der Waals surface area contributed by atoms with Crippen molar-refractivity contribution in [3.8, 4) is 5.75 Å². The molecule has 1 aromatic rings. The first kappa shape index (κ1) is 8.97. The zero-order chi connectivity index (χ0) is 10.3. The molecule has 3 nitrogen and oxygen atoms in total. The molecule has 0 saturated carbocycles. The van der Waals surface area contributed by atoms with Gasteiger partial charge in [0.1, 0.15) is 6.61 Å². The third-order valence-corrected chi connectivity index (χ3v) is 3.03. The van der Waals surface area contributed by atoms with Crippen LogP contribution in [-0.4, -0.2) is 32.3 Å². The average Bonchev–Trinajstić information content (AvgIpc) is 2.29. The summed E-state index contributed by atoms with van der Waals surface area (Å²) < 4.78 is 18.9. The van der Waals surface area contributed by atoms with Crippen molar-refractivity contribution >= 4 is 5.69 Å². The van der Waals surface area contributed by atoms with Crippen LogP contribution in [0.2, 0.25) is 0 Å². The van der Waals surface area contributed by atoms with Crippen LogP contribution in [0.25, 0.3) is 0 Å². The summed E-state index contributed by atoms with van der Waals surface area (Å²) in [5.41, 5.74) is 0.896. The Balaban J connectivity index is 2.03. The van der Waals surface area contributed by atoms with Gasteiger partial charge < -0.3 is 15.0 Å². The normalized spacial score (nSPS) is 24.1. The van der Waals surface area contributed by atoms with E-state index in [1.165, 1.54) is 6.07 Å². The number of anilines is 1. The second kappa shape index (κ2) is 3.38. The molecular formula is C11H13FN2O. The van der Waals surface area contributed by atoms with E-state index in [-0.39, 0.29) is 5.82 Å². The van der Waals surface area contributed by atoms with Crippen LogP contribution in [0.4, 0.5) is 10.1 Å². The molecule has 2 aliphatic rings. The van der Waals surface area contributed by atoms with Crippen molar-refractivity contribution in [2.24, 2.45) is 0 Å². The number of benzene rings is 1. The lowest BCUT2D eigenvalue weighted by Gasteiger charge is -2.41. The van der Waals surface area contributed by atoms with Gasteiger partial charge in [-0.25, -0.2) is 4.39 Å². The number of para-hydroxylation sites is 1. The summed E-state index contributed by atoms with van der Waals surface area (Å²) in [6.45, 7) is 3.35. The molecule has 0 bridgehead atoms. The largest absolute Gasteiger partial charge is 0.486 e. The first-order chi connectivity index (χ1) is 7.36. The molecule has 0 aliphatic carbocycles. The summed E-state index contributed by atoms with van der Waals surface area (Å²) in [4.78, 5) is 2.23. The van der Waals surface area contributed by atoms with E-state index >= 15 is 0 Å². The zero-order valence-electron chi connectivity index (χ0n) is 8.37. The van der Waals surface area contributed by atoms with Gasteiger partial charge in [-0.3, -0.25) is 0 Å². The lowest BCUT2D eigenvalue weighted by Crippen LogP contribution is -2.55. The Morgan fingerprint density at radius 2 is 2.40 bits per heavy atom. The summed E-state index contributed by atoms with van der Waals surface area (Å²) in [7, 11) is 0. The van der Waals surface area contributed by atoms with Crippen LogP contribution >= 0.6 is 0 Å². The minimum atomic E-state index is -0.260. The van der Waals surface area contributed by atoms with E-state index in [1.807, 2.05) is 6.07 Å². The smallest absolute Gasteiger partial charge is 0.178 e. The first-order valence-corrected chi connectivity index (χ1v) is 5.25. The SMILES string of the molecule is Fc1cccc2c1OCC1CNCCN21. The Labute approximate surface area is 87.8 Å². The van der Waals surface area contributed by atoms with E-state index in [0.29, 0.717) is 18.4 Å². The highest BCUT2D eigenvalue weighted by Gasteiger charge is 2.30. The number of hydrogen-bond acceptors (Lipinski definition) is 3. The van der Waals surface area contributed by atoms with Crippen molar-refractivity contribution in [1.82, 2.24) is 5.32 Å². The minimum Gasteiger partial charge on any atom is -0.486 e. The van der Waals surface area contributed by atoms with E-state index in [4.69, 9.17) is 4.74 Å². The van der Waals surface area contributed by atoms with Gasteiger partial charge >= 0.3 is 0 Å². The molecule has 80 valence electrons. The molecule has 0 aromatic heterocycles. The standard InChI is InChI=1S/C11H13FN2O/c12-9-2-1-3-10-11(9)15-7-8-6-13-4-5-14(8)10/h1-3,8,13H,4-7H2. The predicted molar refractivity (Wildman–Crippen MR) is 55.9 cm³/mol. The van der Waals surface area contributed by atoms with E-state index in [1.54, 1.807) is 6.07 Å². The molecule has 1 saturated heterocycles. The van der Waals surface area contributed by atoms with E-state index in [2.05, 4.69) is 10.2 Å². The summed E-state index contributed by atoms with van der Waals surface area (Å²) in [5.74, 6) is 0.153. The number of piperazine rings is 1. The molecule has 1 N–H and O–H groups in total. The van der Waals surface area contributed by atoms with Gasteiger partial charge in [-0.15, -0.1) is 0 Å². The van der Waals surface area contributed by atoms with E-state index in [9.17, 15) is 4.39 Å². The Hall–Kier alpha value is -1.29. The summed E-state index contributed by atoms with van der Waals surface area (Å²) in [6.07, 6.45) is 0. The highest BCUT2D eigenvalue weighted by molar-refractivity contribution is 5.61. The zero-order valence-corrected chi connectivity index (χ0v) is 8.37. The van der Waals surface area contributed by atoms with E-state index < -0.39 is 0 Å². The minimum absolute atomic E-state index is 0.260. The van der Waals surface area contributed by atoms with Crippen molar-refractivity contribution in [1.29, 1.82) is 0 Å². The molecule has 4 heteroatoms. The molecule has 0 amide bonds. The third-order valence-electron chi connectivity index (χ3n) is 3.03. The second-order valence-corrected chi connectivity index (χ2v) is 3.95. The summed E-state index contributed by atoms with van der Waals surface area (Å²) in [6, 6.07) is 5.45. The maximum atomic E-state index is 13.5. The van der Waals surface area contributed by atoms with Crippen LogP contribution in [0.15, 0.2) is 18.2 Å². The van der Waals surface area contributed by atoms with Gasteiger partial charge in [0.15, 0.2) is 11.6 Å². The van der Waals surface area contributed by atoms with Crippen LogP contribution in [0, 0.1) is 5.82 Å². The summed E-state index contributed by atoms with van der Waals surface area (Å²) >= 11 is 0. The Bertz CT molecular complexity index is 383. The molecule has 2 aliphatic heterocycles. The molecule has 1 aromatic carbocycles. The topological polar surface area (TPSA) is 24.5 Å². The van der Waals surface area contributed by atoms with Crippen molar-refractivity contribution in [3.05, 3.63) is 24.0 Å². The Morgan fingerprint density at radius 3 is 3.33 bits per heavy atom. The van der Waals surface area contributed by atoms with Crippen LogP contribution in [0.3, 0.4) is 0 Å². The number of fused-ring (bicyclic) bond motifs is 3. The lowest BCUT2D eigenvalue weighted by molar-refractivity contribution is 0.237. The number of rotatable bonds is 0. The third kappa shape index (κ3) is 1.36. The molecule has 2 heterocycles. The van der Waals surface area contributed by atoms with Gasteiger partial charge in [-0.1, -0.05) is 6.07 Å². The molecule has 0 radical (unpaired) electrons. The highest BCUT2D eigenvalue weighted by atomic mass is 19.1. The molecule has 1 fully saturated rings. The predicted octanol–water partition coefficient (Wildman–Crippen LogP) is 0.996.